The zero-order chi connectivity index (χ0) is 12.8. The third-order valence-electron chi connectivity index (χ3n) is 2.83. The Morgan fingerprint density at radius 2 is 1.71 bits per heavy atom. The Morgan fingerprint density at radius 3 is 2.24 bits per heavy atom. The number of ketones is 1. The lowest BCUT2D eigenvalue weighted by molar-refractivity contribution is -0.121. The van der Waals surface area contributed by atoms with E-state index in [1.165, 1.54) is 5.56 Å². The normalized spacial score (nSPS) is 11.2. The third-order valence-corrected chi connectivity index (χ3v) is 2.83. The number of benzene rings is 1. The van der Waals surface area contributed by atoms with Crippen molar-refractivity contribution in [2.45, 2.75) is 46.7 Å². The smallest absolute Gasteiger partial charge is 0.139 e. The molecule has 0 aliphatic heterocycles. The zero-order valence-corrected chi connectivity index (χ0v) is 11.3. The van der Waals surface area contributed by atoms with Gasteiger partial charge in [0, 0.05) is 24.9 Å². The van der Waals surface area contributed by atoms with E-state index in [0.29, 0.717) is 18.2 Å². The molecule has 0 saturated carbocycles. The average molecular weight is 233 g/mol. The fourth-order valence-electron chi connectivity index (χ4n) is 1.61. The predicted octanol–water partition coefficient (Wildman–Crippen LogP) is 2.95. The molecule has 0 saturated heterocycles. The molecule has 1 aromatic carbocycles. The van der Waals surface area contributed by atoms with Gasteiger partial charge in [0.2, 0.25) is 0 Å². The predicted molar refractivity (Wildman–Crippen MR) is 72.0 cm³/mol. The van der Waals surface area contributed by atoms with Gasteiger partial charge in [0.15, 0.2) is 0 Å². The molecule has 94 valence electrons. The monoisotopic (exact) mass is 233 g/mol. The largest absolute Gasteiger partial charge is 0.310 e. The maximum Gasteiger partial charge on any atom is 0.139 e. The average Bonchev–Trinajstić information content (AvgIpc) is 2.27. The van der Waals surface area contributed by atoms with Crippen molar-refractivity contribution in [3.8, 4) is 0 Å². The summed E-state index contributed by atoms with van der Waals surface area (Å²) in [6.45, 7) is 9.00. The van der Waals surface area contributed by atoms with Gasteiger partial charge in [-0.05, 0) is 11.1 Å². The molecule has 2 nitrogen and oxygen atoms in total. The van der Waals surface area contributed by atoms with Crippen LogP contribution in [-0.2, 0) is 17.8 Å². The van der Waals surface area contributed by atoms with Crippen molar-refractivity contribution in [2.24, 2.45) is 5.92 Å². The van der Waals surface area contributed by atoms with Gasteiger partial charge in [0.05, 0.1) is 0 Å². The van der Waals surface area contributed by atoms with Crippen LogP contribution in [0.5, 0.6) is 0 Å². The summed E-state index contributed by atoms with van der Waals surface area (Å²) in [6.07, 6.45) is 0.549. The molecule has 0 radical (unpaired) electrons. The minimum absolute atomic E-state index is 0.112. The highest BCUT2D eigenvalue weighted by molar-refractivity contribution is 5.82. The van der Waals surface area contributed by atoms with Crippen LogP contribution in [-0.4, -0.2) is 11.8 Å². The molecule has 1 N–H and O–H groups in total. The van der Waals surface area contributed by atoms with Gasteiger partial charge in [-0.15, -0.1) is 0 Å². The summed E-state index contributed by atoms with van der Waals surface area (Å²) < 4.78 is 0. The zero-order valence-electron chi connectivity index (χ0n) is 11.3. The van der Waals surface area contributed by atoms with Gasteiger partial charge in [-0.2, -0.15) is 0 Å². The topological polar surface area (TPSA) is 29.1 Å². The van der Waals surface area contributed by atoms with Gasteiger partial charge in [0.25, 0.3) is 0 Å². The Kier molecular flexibility index (Phi) is 5.36. The second-order valence-corrected chi connectivity index (χ2v) is 5.10. The van der Waals surface area contributed by atoms with Crippen molar-refractivity contribution in [2.75, 3.05) is 0 Å². The van der Waals surface area contributed by atoms with E-state index >= 15 is 0 Å². The van der Waals surface area contributed by atoms with Gasteiger partial charge >= 0.3 is 0 Å². The fraction of sp³-hybridized carbons (Fsp3) is 0.533. The van der Waals surface area contributed by atoms with E-state index in [-0.39, 0.29) is 5.92 Å². The van der Waals surface area contributed by atoms with Gasteiger partial charge in [0.1, 0.15) is 5.78 Å². The Morgan fingerprint density at radius 1 is 1.12 bits per heavy atom. The molecule has 0 atom stereocenters. The van der Waals surface area contributed by atoms with Crippen molar-refractivity contribution >= 4 is 5.78 Å². The molecule has 0 spiro atoms. The number of carbonyl (C=O) groups is 1. The van der Waals surface area contributed by atoms with Crippen molar-refractivity contribution in [3.05, 3.63) is 35.4 Å². The first kappa shape index (κ1) is 13.9. The number of rotatable bonds is 6. The maximum atomic E-state index is 11.8. The summed E-state index contributed by atoms with van der Waals surface area (Å²) in [5, 5.41) is 3.39. The van der Waals surface area contributed by atoms with Gasteiger partial charge in [-0.1, -0.05) is 52.0 Å². The van der Waals surface area contributed by atoms with Crippen molar-refractivity contribution in [1.29, 1.82) is 0 Å². The van der Waals surface area contributed by atoms with Crippen LogP contribution in [0, 0.1) is 5.92 Å². The molecule has 0 aliphatic carbocycles. The highest BCUT2D eigenvalue weighted by Gasteiger charge is 2.10. The van der Waals surface area contributed by atoms with Crippen LogP contribution in [0.1, 0.15) is 38.8 Å². The SMILES string of the molecule is CC(C)NCc1ccccc1CC(=O)C(C)C. The van der Waals surface area contributed by atoms with Crippen LogP contribution in [0.15, 0.2) is 24.3 Å². The second-order valence-electron chi connectivity index (χ2n) is 5.10. The fourth-order valence-corrected chi connectivity index (χ4v) is 1.61. The van der Waals surface area contributed by atoms with E-state index in [0.717, 1.165) is 12.1 Å². The standard InChI is InChI=1S/C15H23NO/c1-11(2)15(17)9-13-7-5-6-8-14(13)10-16-12(3)4/h5-8,11-12,16H,9-10H2,1-4H3. The molecule has 0 fully saturated rings. The second kappa shape index (κ2) is 6.55. The van der Waals surface area contributed by atoms with E-state index in [2.05, 4.69) is 31.3 Å². The Bertz CT molecular complexity index is 369. The van der Waals surface area contributed by atoms with Crippen LogP contribution in [0.4, 0.5) is 0 Å². The summed E-state index contributed by atoms with van der Waals surface area (Å²) in [6, 6.07) is 8.64. The molecular weight excluding hydrogens is 210 g/mol. The number of nitrogens with one attached hydrogen (secondary N) is 1. The van der Waals surface area contributed by atoms with Crippen LogP contribution in [0.3, 0.4) is 0 Å². The lowest BCUT2D eigenvalue weighted by atomic mass is 9.97. The Labute approximate surface area is 104 Å². The molecule has 17 heavy (non-hydrogen) atoms. The summed E-state index contributed by atoms with van der Waals surface area (Å²) >= 11 is 0. The third kappa shape index (κ3) is 4.70. The van der Waals surface area contributed by atoms with Crippen molar-refractivity contribution in [1.82, 2.24) is 5.32 Å². The summed E-state index contributed by atoms with van der Waals surface area (Å²) in [7, 11) is 0. The van der Waals surface area contributed by atoms with E-state index in [1.807, 2.05) is 26.0 Å². The van der Waals surface area contributed by atoms with Crippen LogP contribution in [0.25, 0.3) is 0 Å². The Hall–Kier alpha value is -1.15. The van der Waals surface area contributed by atoms with Gasteiger partial charge in [-0.25, -0.2) is 0 Å². The quantitative estimate of drug-likeness (QED) is 0.818. The number of hydrogen-bond acceptors (Lipinski definition) is 2. The molecule has 0 aliphatic rings. The minimum atomic E-state index is 0.112. The van der Waals surface area contributed by atoms with Crippen molar-refractivity contribution < 1.29 is 4.79 Å². The summed E-state index contributed by atoms with van der Waals surface area (Å²) in [4.78, 5) is 11.8. The molecule has 1 aromatic rings. The highest BCUT2D eigenvalue weighted by Crippen LogP contribution is 2.12. The van der Waals surface area contributed by atoms with Crippen LogP contribution in [0.2, 0.25) is 0 Å². The molecule has 0 amide bonds. The van der Waals surface area contributed by atoms with Crippen molar-refractivity contribution in [3.63, 3.8) is 0 Å². The summed E-state index contributed by atoms with van der Waals surface area (Å²) in [5.41, 5.74) is 2.38. The van der Waals surface area contributed by atoms with Crippen LogP contribution >= 0.6 is 0 Å². The van der Waals surface area contributed by atoms with E-state index in [1.54, 1.807) is 0 Å². The lowest BCUT2D eigenvalue weighted by Crippen LogP contribution is -2.23. The number of carbonyl (C=O) groups excluding carboxylic acids is 1. The first-order valence-electron chi connectivity index (χ1n) is 6.33. The number of hydrogen-bond donors (Lipinski definition) is 1. The van der Waals surface area contributed by atoms with E-state index < -0.39 is 0 Å². The van der Waals surface area contributed by atoms with E-state index in [4.69, 9.17) is 0 Å². The maximum absolute atomic E-state index is 11.8. The minimum Gasteiger partial charge on any atom is -0.310 e. The first-order valence-corrected chi connectivity index (χ1v) is 6.33. The highest BCUT2D eigenvalue weighted by atomic mass is 16.1. The lowest BCUT2D eigenvalue weighted by Gasteiger charge is -2.13. The molecule has 0 aromatic heterocycles. The van der Waals surface area contributed by atoms with Gasteiger partial charge in [-0.3, -0.25) is 4.79 Å². The first-order chi connectivity index (χ1) is 8.00. The Balaban J connectivity index is 2.74. The molecule has 2 heteroatoms. The molecule has 1 rings (SSSR count). The van der Waals surface area contributed by atoms with Gasteiger partial charge < -0.3 is 5.32 Å². The molecule has 0 heterocycles. The van der Waals surface area contributed by atoms with E-state index in [9.17, 15) is 4.79 Å². The number of Topliss-reactive ketones (excluding diaryl/α,β-unsaturated/α-hetero) is 1. The molecule has 0 unspecified atom stereocenters. The molecular formula is C15H23NO. The molecule has 0 bridgehead atoms. The van der Waals surface area contributed by atoms with Crippen LogP contribution < -0.4 is 5.32 Å². The summed E-state index contributed by atoms with van der Waals surface area (Å²) in [5.74, 6) is 0.420.